The van der Waals surface area contributed by atoms with E-state index < -0.39 is 40.2 Å². The van der Waals surface area contributed by atoms with Gasteiger partial charge in [-0.25, -0.2) is 4.39 Å². The standard InChI is InChI=1S/C18H13ClF4O3/c19-13-8-12(18(21,22)23)9-14(20)15(13)16(24)10-2-4-11(5-3-10)17-25-6-1-7-26-17/h2-5,8-9,17H,1,6-7H2. The van der Waals surface area contributed by atoms with E-state index in [0.29, 0.717) is 24.8 Å². The first-order valence-electron chi connectivity index (χ1n) is 7.71. The van der Waals surface area contributed by atoms with Crippen LogP contribution in [0.25, 0.3) is 0 Å². The minimum atomic E-state index is -4.76. The van der Waals surface area contributed by atoms with E-state index in [4.69, 9.17) is 21.1 Å². The van der Waals surface area contributed by atoms with Crippen LogP contribution in [-0.4, -0.2) is 19.0 Å². The number of carbonyl (C=O) groups is 1. The Bertz CT molecular complexity index is 789. The number of carbonyl (C=O) groups excluding carboxylic acids is 1. The van der Waals surface area contributed by atoms with E-state index in [9.17, 15) is 22.4 Å². The molecule has 0 bridgehead atoms. The summed E-state index contributed by atoms with van der Waals surface area (Å²) in [5, 5.41) is -0.592. The highest BCUT2D eigenvalue weighted by Crippen LogP contribution is 2.34. The summed E-state index contributed by atoms with van der Waals surface area (Å²) in [4.78, 5) is 12.5. The quantitative estimate of drug-likeness (QED) is 0.538. The molecule has 0 aliphatic carbocycles. The smallest absolute Gasteiger partial charge is 0.348 e. The van der Waals surface area contributed by atoms with Crippen LogP contribution in [0.15, 0.2) is 36.4 Å². The van der Waals surface area contributed by atoms with Gasteiger partial charge in [0.05, 0.1) is 29.4 Å². The van der Waals surface area contributed by atoms with Crippen LogP contribution in [0.2, 0.25) is 5.02 Å². The average molecular weight is 389 g/mol. The predicted octanol–water partition coefficient (Wildman–Crippen LogP) is 5.16. The molecular weight excluding hydrogens is 376 g/mol. The minimum absolute atomic E-state index is 0.0881. The summed E-state index contributed by atoms with van der Waals surface area (Å²) in [5.74, 6) is -2.13. The van der Waals surface area contributed by atoms with Crippen molar-refractivity contribution in [2.24, 2.45) is 0 Å². The normalized spacial score (nSPS) is 15.9. The maximum absolute atomic E-state index is 14.1. The molecule has 1 saturated heterocycles. The van der Waals surface area contributed by atoms with Crippen LogP contribution in [0.5, 0.6) is 0 Å². The van der Waals surface area contributed by atoms with Gasteiger partial charge in [-0.1, -0.05) is 35.9 Å². The van der Waals surface area contributed by atoms with E-state index >= 15 is 0 Å². The third-order valence-corrected chi connectivity index (χ3v) is 4.17. The third kappa shape index (κ3) is 3.90. The molecule has 138 valence electrons. The van der Waals surface area contributed by atoms with Gasteiger partial charge in [-0.3, -0.25) is 4.79 Å². The molecule has 0 unspecified atom stereocenters. The fourth-order valence-corrected chi connectivity index (χ4v) is 2.86. The maximum atomic E-state index is 14.1. The third-order valence-electron chi connectivity index (χ3n) is 3.87. The van der Waals surface area contributed by atoms with Gasteiger partial charge >= 0.3 is 6.18 Å². The number of alkyl halides is 3. The highest BCUT2D eigenvalue weighted by atomic mass is 35.5. The fourth-order valence-electron chi connectivity index (χ4n) is 2.57. The summed E-state index contributed by atoms with van der Waals surface area (Å²) in [5.41, 5.74) is -1.08. The SMILES string of the molecule is O=C(c1ccc(C2OCCCO2)cc1)c1c(F)cc(C(F)(F)F)cc1Cl. The van der Waals surface area contributed by atoms with Crippen molar-refractivity contribution in [3.05, 3.63) is 69.5 Å². The number of benzene rings is 2. The van der Waals surface area contributed by atoms with Crippen molar-refractivity contribution in [3.8, 4) is 0 Å². The van der Waals surface area contributed by atoms with Crippen LogP contribution in [-0.2, 0) is 15.7 Å². The summed E-state index contributed by atoms with van der Waals surface area (Å²) >= 11 is 5.74. The van der Waals surface area contributed by atoms with Crippen molar-refractivity contribution in [2.75, 3.05) is 13.2 Å². The summed E-state index contributed by atoms with van der Waals surface area (Å²) < 4.78 is 63.0. The Morgan fingerprint density at radius 1 is 1.08 bits per heavy atom. The van der Waals surface area contributed by atoms with Crippen LogP contribution in [0.1, 0.15) is 39.8 Å². The van der Waals surface area contributed by atoms with E-state index in [1.54, 1.807) is 12.1 Å². The fraction of sp³-hybridized carbons (Fsp3) is 0.278. The van der Waals surface area contributed by atoms with Gasteiger partial charge in [-0.15, -0.1) is 0 Å². The Kier molecular flexibility index (Phi) is 5.32. The van der Waals surface area contributed by atoms with Gasteiger partial charge in [-0.05, 0) is 18.6 Å². The Hall–Kier alpha value is -1.96. The molecule has 8 heteroatoms. The Morgan fingerprint density at radius 2 is 1.69 bits per heavy atom. The molecule has 1 heterocycles. The Morgan fingerprint density at radius 3 is 2.23 bits per heavy atom. The molecule has 3 nitrogen and oxygen atoms in total. The molecular formula is C18H13ClF4O3. The van der Waals surface area contributed by atoms with Crippen molar-refractivity contribution in [1.82, 2.24) is 0 Å². The number of rotatable bonds is 3. The Labute approximate surface area is 151 Å². The average Bonchev–Trinajstić information content (AvgIpc) is 2.61. The molecule has 26 heavy (non-hydrogen) atoms. The lowest BCUT2D eigenvalue weighted by atomic mass is 10.00. The molecule has 2 aromatic rings. The summed E-state index contributed by atoms with van der Waals surface area (Å²) in [6, 6.07) is 6.81. The zero-order valence-corrected chi connectivity index (χ0v) is 14.0. The largest absolute Gasteiger partial charge is 0.416 e. The molecule has 0 spiro atoms. The van der Waals surface area contributed by atoms with Gasteiger partial charge in [0.15, 0.2) is 12.1 Å². The number of halogens is 5. The second-order valence-corrected chi connectivity index (χ2v) is 6.10. The van der Waals surface area contributed by atoms with Crippen molar-refractivity contribution in [1.29, 1.82) is 0 Å². The van der Waals surface area contributed by atoms with Crippen LogP contribution in [0, 0.1) is 5.82 Å². The highest BCUT2D eigenvalue weighted by Gasteiger charge is 2.33. The van der Waals surface area contributed by atoms with Gasteiger partial charge < -0.3 is 9.47 Å². The molecule has 3 rings (SSSR count). The minimum Gasteiger partial charge on any atom is -0.348 e. The van der Waals surface area contributed by atoms with E-state index in [-0.39, 0.29) is 11.6 Å². The number of hydrogen-bond donors (Lipinski definition) is 0. The zero-order chi connectivity index (χ0) is 18.9. The summed E-state index contributed by atoms with van der Waals surface area (Å²) in [6.45, 7) is 1.11. The molecule has 1 aliphatic heterocycles. The van der Waals surface area contributed by atoms with E-state index in [1.165, 1.54) is 12.1 Å². The van der Waals surface area contributed by atoms with E-state index in [2.05, 4.69) is 0 Å². The highest BCUT2D eigenvalue weighted by molar-refractivity contribution is 6.35. The van der Waals surface area contributed by atoms with Gasteiger partial charge in [0.1, 0.15) is 5.82 Å². The molecule has 0 atom stereocenters. The van der Waals surface area contributed by atoms with Crippen molar-refractivity contribution >= 4 is 17.4 Å². The molecule has 0 N–H and O–H groups in total. The maximum Gasteiger partial charge on any atom is 0.416 e. The number of ketones is 1. The molecule has 2 aromatic carbocycles. The van der Waals surface area contributed by atoms with Crippen molar-refractivity contribution < 1.29 is 31.8 Å². The molecule has 0 aromatic heterocycles. The van der Waals surface area contributed by atoms with Crippen LogP contribution < -0.4 is 0 Å². The van der Waals surface area contributed by atoms with E-state index in [0.717, 1.165) is 6.42 Å². The molecule has 1 fully saturated rings. The first-order chi connectivity index (χ1) is 12.3. The van der Waals surface area contributed by atoms with Gasteiger partial charge in [0.2, 0.25) is 0 Å². The van der Waals surface area contributed by atoms with E-state index in [1.807, 2.05) is 0 Å². The van der Waals surface area contributed by atoms with Gasteiger partial charge in [-0.2, -0.15) is 13.2 Å². The van der Waals surface area contributed by atoms with Crippen LogP contribution >= 0.6 is 11.6 Å². The molecule has 1 aliphatic rings. The summed E-state index contributed by atoms with van der Waals surface area (Å²) in [6.07, 6.45) is -4.51. The molecule has 0 radical (unpaired) electrons. The Balaban J connectivity index is 1.87. The first-order valence-corrected chi connectivity index (χ1v) is 8.09. The number of ether oxygens (including phenoxy) is 2. The lowest BCUT2D eigenvalue weighted by molar-refractivity contribution is -0.183. The predicted molar refractivity (Wildman–Crippen MR) is 85.5 cm³/mol. The van der Waals surface area contributed by atoms with Crippen molar-refractivity contribution in [3.63, 3.8) is 0 Å². The second kappa shape index (κ2) is 7.34. The van der Waals surface area contributed by atoms with Gasteiger partial charge in [0.25, 0.3) is 0 Å². The molecule has 0 amide bonds. The second-order valence-electron chi connectivity index (χ2n) is 5.69. The van der Waals surface area contributed by atoms with Crippen LogP contribution in [0.3, 0.4) is 0 Å². The lowest BCUT2D eigenvalue weighted by Crippen LogP contribution is -2.17. The monoisotopic (exact) mass is 388 g/mol. The lowest BCUT2D eigenvalue weighted by Gasteiger charge is -2.23. The summed E-state index contributed by atoms with van der Waals surface area (Å²) in [7, 11) is 0. The number of hydrogen-bond acceptors (Lipinski definition) is 3. The molecule has 0 saturated carbocycles. The van der Waals surface area contributed by atoms with Crippen LogP contribution in [0.4, 0.5) is 17.6 Å². The van der Waals surface area contributed by atoms with Gasteiger partial charge in [0, 0.05) is 11.1 Å². The van der Waals surface area contributed by atoms with Crippen molar-refractivity contribution in [2.45, 2.75) is 18.9 Å². The first kappa shape index (κ1) is 18.8. The topological polar surface area (TPSA) is 35.5 Å². The zero-order valence-electron chi connectivity index (χ0n) is 13.3.